The fourth-order valence-electron chi connectivity index (χ4n) is 3.11. The summed E-state index contributed by atoms with van der Waals surface area (Å²) in [5, 5.41) is 3.30. The normalized spacial score (nSPS) is 12.8. The number of carbonyl (C=O) groups is 1. The molecule has 1 N–H and O–H groups in total. The average Bonchev–Trinajstić information content (AvgIpc) is 2.99. The van der Waals surface area contributed by atoms with Gasteiger partial charge in [0.2, 0.25) is 5.91 Å². The topological polar surface area (TPSA) is 63.1 Å². The Morgan fingerprint density at radius 2 is 1.72 bits per heavy atom. The van der Waals surface area contributed by atoms with Crippen LogP contribution in [0, 0.1) is 11.6 Å². The van der Waals surface area contributed by atoms with E-state index in [1.54, 1.807) is 7.11 Å². The largest absolute Gasteiger partial charge is 0.497 e. The standard InChI is InChI=1S/C24H19F2N3O2S/c1-31-17-9-6-15(7-10-17)22-13-24(29-21-5-3-2-4-20(21)28-22)32-14-23(30)27-16-8-11-18(25)19(26)12-16/h2-12H,13-14H2,1H3,(H,27,30). The molecule has 0 aromatic heterocycles. The maximum atomic E-state index is 13.4. The molecule has 1 amide bonds. The number of para-hydroxylation sites is 2. The molecular weight excluding hydrogens is 432 g/mol. The minimum Gasteiger partial charge on any atom is -0.497 e. The SMILES string of the molecule is COc1ccc(C2=Nc3ccccc3N=C(SCC(=O)Nc3ccc(F)c(F)c3)C2)cc1. The van der Waals surface area contributed by atoms with Crippen LogP contribution < -0.4 is 10.1 Å². The van der Waals surface area contributed by atoms with Gasteiger partial charge in [-0.25, -0.2) is 13.8 Å². The van der Waals surface area contributed by atoms with Gasteiger partial charge in [0.15, 0.2) is 11.6 Å². The van der Waals surface area contributed by atoms with E-state index in [-0.39, 0.29) is 17.3 Å². The summed E-state index contributed by atoms with van der Waals surface area (Å²) in [5.74, 6) is -1.50. The Morgan fingerprint density at radius 3 is 2.41 bits per heavy atom. The lowest BCUT2D eigenvalue weighted by atomic mass is 10.1. The molecule has 5 nitrogen and oxygen atoms in total. The van der Waals surface area contributed by atoms with Crippen LogP contribution in [0.3, 0.4) is 0 Å². The number of rotatable bonds is 5. The van der Waals surface area contributed by atoms with Crippen molar-refractivity contribution in [3.8, 4) is 5.75 Å². The molecular formula is C24H19F2N3O2S. The van der Waals surface area contributed by atoms with Crippen LogP contribution >= 0.6 is 11.8 Å². The first kappa shape index (κ1) is 21.7. The minimum atomic E-state index is -1.01. The number of aliphatic imine (C=N–C) groups is 2. The summed E-state index contributed by atoms with van der Waals surface area (Å²) < 4.78 is 31.7. The second-order valence-corrected chi connectivity index (χ2v) is 7.97. The second-order valence-electron chi connectivity index (χ2n) is 6.92. The van der Waals surface area contributed by atoms with Crippen LogP contribution in [-0.4, -0.2) is 29.5 Å². The molecule has 0 saturated heterocycles. The lowest BCUT2D eigenvalue weighted by Gasteiger charge is -2.09. The molecule has 0 fully saturated rings. The predicted molar refractivity (Wildman–Crippen MR) is 125 cm³/mol. The van der Waals surface area contributed by atoms with Gasteiger partial charge in [0.25, 0.3) is 0 Å². The summed E-state index contributed by atoms with van der Waals surface area (Å²) in [5.41, 5.74) is 3.43. The molecule has 0 unspecified atom stereocenters. The number of hydrogen-bond acceptors (Lipinski definition) is 5. The van der Waals surface area contributed by atoms with Gasteiger partial charge in [-0.15, -0.1) is 11.8 Å². The zero-order chi connectivity index (χ0) is 22.5. The van der Waals surface area contributed by atoms with Crippen molar-refractivity contribution >= 4 is 45.5 Å². The fourth-order valence-corrected chi connectivity index (χ4v) is 3.88. The number of nitrogens with zero attached hydrogens (tertiary/aromatic N) is 2. The smallest absolute Gasteiger partial charge is 0.234 e. The number of methoxy groups -OCH3 is 1. The van der Waals surface area contributed by atoms with Crippen LogP contribution in [-0.2, 0) is 4.79 Å². The van der Waals surface area contributed by atoms with Crippen molar-refractivity contribution in [1.82, 2.24) is 0 Å². The van der Waals surface area contributed by atoms with Crippen LogP contribution in [0.5, 0.6) is 5.75 Å². The lowest BCUT2D eigenvalue weighted by Crippen LogP contribution is -2.16. The maximum absolute atomic E-state index is 13.4. The van der Waals surface area contributed by atoms with E-state index >= 15 is 0 Å². The lowest BCUT2D eigenvalue weighted by molar-refractivity contribution is -0.113. The third kappa shape index (κ3) is 5.20. The molecule has 32 heavy (non-hydrogen) atoms. The van der Waals surface area contributed by atoms with E-state index in [0.717, 1.165) is 45.6 Å². The molecule has 162 valence electrons. The molecule has 0 atom stereocenters. The number of anilines is 1. The van der Waals surface area contributed by atoms with Crippen molar-refractivity contribution in [3.05, 3.63) is 83.9 Å². The molecule has 1 heterocycles. The van der Waals surface area contributed by atoms with Crippen LogP contribution in [0.25, 0.3) is 0 Å². The summed E-state index contributed by atoms with van der Waals surface area (Å²) in [7, 11) is 1.61. The first-order valence-corrected chi connectivity index (χ1v) is 10.8. The van der Waals surface area contributed by atoms with Crippen molar-refractivity contribution < 1.29 is 18.3 Å². The second kappa shape index (κ2) is 9.74. The number of halogens is 2. The van der Waals surface area contributed by atoms with Crippen molar-refractivity contribution in [2.45, 2.75) is 6.42 Å². The zero-order valence-corrected chi connectivity index (χ0v) is 18.0. The molecule has 4 rings (SSSR count). The summed E-state index contributed by atoms with van der Waals surface area (Å²) >= 11 is 1.28. The molecule has 0 bridgehead atoms. The van der Waals surface area contributed by atoms with Crippen molar-refractivity contribution in [2.24, 2.45) is 9.98 Å². The van der Waals surface area contributed by atoms with Crippen molar-refractivity contribution in [1.29, 1.82) is 0 Å². The molecule has 0 spiro atoms. The Kier molecular flexibility index (Phi) is 6.61. The number of thioether (sulfide) groups is 1. The first-order chi connectivity index (χ1) is 15.5. The first-order valence-electron chi connectivity index (χ1n) is 9.78. The molecule has 0 aliphatic carbocycles. The fraction of sp³-hybridized carbons (Fsp3) is 0.125. The molecule has 3 aromatic carbocycles. The Hall–Kier alpha value is -3.52. The van der Waals surface area contributed by atoms with Gasteiger partial charge < -0.3 is 10.1 Å². The van der Waals surface area contributed by atoms with E-state index in [2.05, 4.69) is 5.32 Å². The highest BCUT2D eigenvalue weighted by molar-refractivity contribution is 8.14. The molecule has 3 aromatic rings. The highest BCUT2D eigenvalue weighted by atomic mass is 32.2. The Balaban J connectivity index is 1.51. The zero-order valence-electron chi connectivity index (χ0n) is 17.1. The van der Waals surface area contributed by atoms with Crippen LogP contribution in [0.2, 0.25) is 0 Å². The third-order valence-corrected chi connectivity index (χ3v) is 5.67. The van der Waals surface area contributed by atoms with E-state index in [0.29, 0.717) is 6.42 Å². The Morgan fingerprint density at radius 1 is 1.00 bits per heavy atom. The van der Waals surface area contributed by atoms with Crippen LogP contribution in [0.1, 0.15) is 12.0 Å². The van der Waals surface area contributed by atoms with E-state index < -0.39 is 11.6 Å². The highest BCUT2D eigenvalue weighted by Gasteiger charge is 2.17. The number of nitrogens with one attached hydrogen (secondary N) is 1. The maximum Gasteiger partial charge on any atom is 0.234 e. The average molecular weight is 451 g/mol. The van der Waals surface area contributed by atoms with Gasteiger partial charge in [0.1, 0.15) is 5.75 Å². The number of carbonyl (C=O) groups excluding carboxylic acids is 1. The number of benzene rings is 3. The quantitative estimate of drug-likeness (QED) is 0.525. The van der Waals surface area contributed by atoms with Gasteiger partial charge in [-0.1, -0.05) is 12.1 Å². The van der Waals surface area contributed by atoms with E-state index in [9.17, 15) is 13.6 Å². The number of amides is 1. The molecule has 1 aliphatic heterocycles. The molecule has 1 aliphatic rings. The summed E-state index contributed by atoms with van der Waals surface area (Å²) in [6.07, 6.45) is 0.449. The van der Waals surface area contributed by atoms with Gasteiger partial charge in [0.05, 0.1) is 35.0 Å². The van der Waals surface area contributed by atoms with Crippen molar-refractivity contribution in [2.75, 3.05) is 18.2 Å². The van der Waals surface area contributed by atoms with E-state index in [4.69, 9.17) is 14.7 Å². The van der Waals surface area contributed by atoms with Gasteiger partial charge in [-0.3, -0.25) is 9.79 Å². The van der Waals surface area contributed by atoms with E-state index in [1.807, 2.05) is 48.5 Å². The summed E-state index contributed by atoms with van der Waals surface area (Å²) in [6.45, 7) is 0. The number of hydrogen-bond donors (Lipinski definition) is 1. The van der Waals surface area contributed by atoms with Crippen LogP contribution in [0.4, 0.5) is 25.8 Å². The predicted octanol–water partition coefficient (Wildman–Crippen LogP) is 5.90. The minimum absolute atomic E-state index is 0.0654. The Bertz CT molecular complexity index is 1210. The number of fused-ring (bicyclic) bond motifs is 1. The number of ether oxygens (including phenoxy) is 1. The molecule has 0 saturated carbocycles. The van der Waals surface area contributed by atoms with Crippen molar-refractivity contribution in [3.63, 3.8) is 0 Å². The van der Waals surface area contributed by atoms with Gasteiger partial charge in [0, 0.05) is 18.2 Å². The molecule has 0 radical (unpaired) electrons. The van der Waals surface area contributed by atoms with Gasteiger partial charge >= 0.3 is 0 Å². The van der Waals surface area contributed by atoms with Gasteiger partial charge in [-0.2, -0.15) is 0 Å². The Labute approximate surface area is 188 Å². The summed E-state index contributed by atoms with van der Waals surface area (Å²) in [4.78, 5) is 21.9. The third-order valence-electron chi connectivity index (χ3n) is 4.70. The van der Waals surface area contributed by atoms with Crippen LogP contribution in [0.15, 0.2) is 76.7 Å². The van der Waals surface area contributed by atoms with Gasteiger partial charge in [-0.05, 0) is 54.1 Å². The summed E-state index contributed by atoms with van der Waals surface area (Å²) in [6, 6.07) is 18.4. The monoisotopic (exact) mass is 451 g/mol. The highest BCUT2D eigenvalue weighted by Crippen LogP contribution is 2.33. The molecule has 8 heteroatoms. The van der Waals surface area contributed by atoms with E-state index in [1.165, 1.54) is 17.8 Å².